The Hall–Kier alpha value is -3.43. The van der Waals surface area contributed by atoms with E-state index in [1.54, 1.807) is 24.3 Å². The number of aliphatic imine (C=N–C) groups is 1. The van der Waals surface area contributed by atoms with Crippen LogP contribution in [0.1, 0.15) is 11.1 Å². The standard InChI is InChI=1S/C18H20F2N4O4/c1-21-18(22-10-12-5-3-4-6-15(12)24(25)26)23-11-13-9-14(27-2)7-8-16(13)28-17(19)20/h3-9,17H,10-11H2,1-2H3,(H2,21,22,23). The molecule has 0 amide bonds. The van der Waals surface area contributed by atoms with Crippen LogP contribution in [-0.2, 0) is 13.1 Å². The van der Waals surface area contributed by atoms with Crippen LogP contribution < -0.4 is 20.1 Å². The molecular formula is C18H20F2N4O4. The molecule has 0 saturated carbocycles. The lowest BCUT2D eigenvalue weighted by molar-refractivity contribution is -0.385. The lowest BCUT2D eigenvalue weighted by Crippen LogP contribution is -2.36. The van der Waals surface area contributed by atoms with Gasteiger partial charge in [0.2, 0.25) is 0 Å². The molecule has 0 atom stereocenters. The van der Waals surface area contributed by atoms with E-state index in [1.165, 1.54) is 32.4 Å². The van der Waals surface area contributed by atoms with Crippen molar-refractivity contribution >= 4 is 11.6 Å². The summed E-state index contributed by atoms with van der Waals surface area (Å²) >= 11 is 0. The van der Waals surface area contributed by atoms with Crippen LogP contribution in [0.5, 0.6) is 11.5 Å². The zero-order valence-corrected chi connectivity index (χ0v) is 15.3. The fourth-order valence-electron chi connectivity index (χ4n) is 2.45. The zero-order chi connectivity index (χ0) is 20.5. The maximum absolute atomic E-state index is 12.6. The number of hydrogen-bond donors (Lipinski definition) is 2. The molecule has 2 N–H and O–H groups in total. The number of rotatable bonds is 8. The van der Waals surface area contributed by atoms with Gasteiger partial charge in [0.1, 0.15) is 11.5 Å². The minimum absolute atomic E-state index is 0.00846. The summed E-state index contributed by atoms with van der Waals surface area (Å²) in [6.07, 6.45) is 0. The third-order valence-corrected chi connectivity index (χ3v) is 3.79. The summed E-state index contributed by atoms with van der Waals surface area (Å²) in [6.45, 7) is -2.67. The van der Waals surface area contributed by atoms with Crippen LogP contribution in [0.2, 0.25) is 0 Å². The van der Waals surface area contributed by atoms with Crippen LogP contribution in [-0.4, -0.2) is 31.7 Å². The van der Waals surface area contributed by atoms with E-state index in [0.717, 1.165) is 0 Å². The molecule has 28 heavy (non-hydrogen) atoms. The smallest absolute Gasteiger partial charge is 0.387 e. The van der Waals surface area contributed by atoms with E-state index in [4.69, 9.17) is 4.74 Å². The lowest BCUT2D eigenvalue weighted by Gasteiger charge is -2.15. The average Bonchev–Trinajstić information content (AvgIpc) is 2.68. The molecule has 2 aromatic rings. The van der Waals surface area contributed by atoms with Crippen molar-refractivity contribution in [3.63, 3.8) is 0 Å². The maximum atomic E-state index is 12.6. The normalized spacial score (nSPS) is 11.2. The van der Waals surface area contributed by atoms with Gasteiger partial charge in [0.25, 0.3) is 5.69 Å². The average molecular weight is 394 g/mol. The number of halogens is 2. The third-order valence-electron chi connectivity index (χ3n) is 3.79. The maximum Gasteiger partial charge on any atom is 0.387 e. The second-order valence-electron chi connectivity index (χ2n) is 5.52. The molecule has 2 aromatic carbocycles. The largest absolute Gasteiger partial charge is 0.497 e. The van der Waals surface area contributed by atoms with Gasteiger partial charge in [0, 0.05) is 37.3 Å². The third kappa shape index (κ3) is 5.79. The molecule has 0 unspecified atom stereocenters. The minimum Gasteiger partial charge on any atom is -0.497 e. The summed E-state index contributed by atoms with van der Waals surface area (Å²) in [4.78, 5) is 14.6. The Morgan fingerprint density at radius 2 is 1.86 bits per heavy atom. The van der Waals surface area contributed by atoms with Crippen molar-refractivity contribution in [2.75, 3.05) is 14.2 Å². The molecule has 0 heterocycles. The SMILES string of the molecule is CN=C(NCc1cc(OC)ccc1OC(F)F)NCc1ccccc1[N+](=O)[O-]. The quantitative estimate of drug-likeness (QED) is 0.309. The van der Waals surface area contributed by atoms with Crippen LogP contribution in [0.25, 0.3) is 0 Å². The first-order valence-corrected chi connectivity index (χ1v) is 8.23. The first-order valence-electron chi connectivity index (χ1n) is 8.23. The summed E-state index contributed by atoms with van der Waals surface area (Å²) in [5.74, 6) is 0.836. The zero-order valence-electron chi connectivity index (χ0n) is 15.3. The fourth-order valence-corrected chi connectivity index (χ4v) is 2.45. The molecule has 0 aromatic heterocycles. The van der Waals surface area contributed by atoms with E-state index in [2.05, 4.69) is 20.4 Å². The number of nitrogens with one attached hydrogen (secondary N) is 2. The second kappa shape index (κ2) is 10.0. The summed E-state index contributed by atoms with van der Waals surface area (Å²) < 4.78 is 34.8. The van der Waals surface area contributed by atoms with Crippen molar-refractivity contribution in [2.24, 2.45) is 4.99 Å². The molecule has 0 aliphatic carbocycles. The topological polar surface area (TPSA) is 98.0 Å². The summed E-state index contributed by atoms with van der Waals surface area (Å²) in [5.41, 5.74) is 0.915. The number of hydrogen-bond acceptors (Lipinski definition) is 5. The molecule has 0 spiro atoms. The highest BCUT2D eigenvalue weighted by Crippen LogP contribution is 2.25. The molecule has 10 heteroatoms. The van der Waals surface area contributed by atoms with Gasteiger partial charge >= 0.3 is 6.61 Å². The molecular weight excluding hydrogens is 374 g/mol. The Kier molecular flexibility index (Phi) is 7.49. The predicted octanol–water partition coefficient (Wildman–Crippen LogP) is 3.07. The van der Waals surface area contributed by atoms with Gasteiger partial charge in [0.15, 0.2) is 5.96 Å². The molecule has 0 bridgehead atoms. The van der Waals surface area contributed by atoms with Crippen molar-refractivity contribution in [3.05, 3.63) is 63.7 Å². The van der Waals surface area contributed by atoms with Crippen LogP contribution >= 0.6 is 0 Å². The van der Waals surface area contributed by atoms with Crippen molar-refractivity contribution < 1.29 is 23.2 Å². The van der Waals surface area contributed by atoms with Crippen LogP contribution in [0.4, 0.5) is 14.5 Å². The first-order chi connectivity index (χ1) is 13.4. The Balaban J connectivity index is 2.05. The first kappa shape index (κ1) is 20.9. The highest BCUT2D eigenvalue weighted by Gasteiger charge is 2.14. The van der Waals surface area contributed by atoms with Crippen LogP contribution in [0.3, 0.4) is 0 Å². The number of benzene rings is 2. The molecule has 0 saturated heterocycles. The number of para-hydroxylation sites is 1. The number of ether oxygens (including phenoxy) is 2. The van der Waals surface area contributed by atoms with Crippen molar-refractivity contribution in [2.45, 2.75) is 19.7 Å². The van der Waals surface area contributed by atoms with Crippen molar-refractivity contribution in [1.29, 1.82) is 0 Å². The number of methoxy groups -OCH3 is 1. The van der Waals surface area contributed by atoms with Gasteiger partial charge in [-0.2, -0.15) is 8.78 Å². The number of guanidine groups is 1. The number of alkyl halides is 2. The van der Waals surface area contributed by atoms with Gasteiger partial charge in [-0.25, -0.2) is 0 Å². The summed E-state index contributed by atoms with van der Waals surface area (Å²) in [5, 5.41) is 17.0. The van der Waals surface area contributed by atoms with E-state index in [0.29, 0.717) is 22.8 Å². The Morgan fingerprint density at radius 3 is 2.46 bits per heavy atom. The Bertz CT molecular complexity index is 846. The number of nitro benzene ring substituents is 1. The van der Waals surface area contributed by atoms with E-state index in [1.807, 2.05) is 0 Å². The molecule has 0 fully saturated rings. The Morgan fingerprint density at radius 1 is 1.18 bits per heavy atom. The van der Waals surface area contributed by atoms with Gasteiger partial charge in [-0.3, -0.25) is 15.1 Å². The molecule has 8 nitrogen and oxygen atoms in total. The van der Waals surface area contributed by atoms with E-state index < -0.39 is 11.5 Å². The molecule has 2 rings (SSSR count). The number of nitrogens with zero attached hydrogens (tertiary/aromatic N) is 2. The van der Waals surface area contributed by atoms with Gasteiger partial charge < -0.3 is 20.1 Å². The number of nitro groups is 1. The van der Waals surface area contributed by atoms with Gasteiger partial charge in [0.05, 0.1) is 12.0 Å². The summed E-state index contributed by atoms with van der Waals surface area (Å²) in [6, 6.07) is 10.8. The minimum atomic E-state index is -2.96. The fraction of sp³-hybridized carbons (Fsp3) is 0.278. The van der Waals surface area contributed by atoms with Crippen LogP contribution in [0, 0.1) is 10.1 Å². The molecule has 0 aliphatic heterocycles. The Labute approximate surface area is 160 Å². The van der Waals surface area contributed by atoms with Crippen molar-refractivity contribution in [1.82, 2.24) is 10.6 Å². The predicted molar refractivity (Wildman–Crippen MR) is 99.8 cm³/mol. The molecule has 150 valence electrons. The van der Waals surface area contributed by atoms with Crippen molar-refractivity contribution in [3.8, 4) is 11.5 Å². The highest BCUT2D eigenvalue weighted by molar-refractivity contribution is 5.79. The van der Waals surface area contributed by atoms with Gasteiger partial charge in [-0.15, -0.1) is 0 Å². The lowest BCUT2D eigenvalue weighted by atomic mass is 10.2. The van der Waals surface area contributed by atoms with Gasteiger partial charge in [-0.05, 0) is 18.2 Å². The van der Waals surface area contributed by atoms with E-state index in [9.17, 15) is 18.9 Å². The van der Waals surface area contributed by atoms with E-state index in [-0.39, 0.29) is 24.5 Å². The van der Waals surface area contributed by atoms with Gasteiger partial charge in [-0.1, -0.05) is 18.2 Å². The summed E-state index contributed by atoms with van der Waals surface area (Å²) in [7, 11) is 2.99. The molecule has 0 radical (unpaired) electrons. The second-order valence-corrected chi connectivity index (χ2v) is 5.52. The monoisotopic (exact) mass is 394 g/mol. The molecule has 0 aliphatic rings. The van der Waals surface area contributed by atoms with Crippen LogP contribution in [0.15, 0.2) is 47.5 Å². The highest BCUT2D eigenvalue weighted by atomic mass is 19.3. The van der Waals surface area contributed by atoms with E-state index >= 15 is 0 Å².